The van der Waals surface area contributed by atoms with E-state index in [9.17, 15) is 10.2 Å². The molecule has 0 heterocycles. The van der Waals surface area contributed by atoms with Crippen molar-refractivity contribution in [2.75, 3.05) is 6.61 Å². The molecule has 0 saturated heterocycles. The van der Waals surface area contributed by atoms with E-state index in [0.29, 0.717) is 0 Å². The molecular weight excluding hydrogens is 164 g/mol. The predicted molar refractivity (Wildman–Crippen MR) is 51.4 cm³/mol. The highest BCUT2D eigenvalue weighted by molar-refractivity contribution is 5.04. The van der Waals surface area contributed by atoms with E-state index in [1.165, 1.54) is 12.8 Å². The quantitative estimate of drug-likeness (QED) is 0.653. The molecule has 0 bridgehead atoms. The van der Waals surface area contributed by atoms with E-state index < -0.39 is 5.60 Å². The van der Waals surface area contributed by atoms with Gasteiger partial charge in [-0.15, -0.1) is 0 Å². The van der Waals surface area contributed by atoms with E-state index in [1.807, 2.05) is 0 Å². The topological polar surface area (TPSA) is 40.5 Å². The number of hydrogen-bond donors (Lipinski definition) is 2. The summed E-state index contributed by atoms with van der Waals surface area (Å²) < 4.78 is 0. The maximum absolute atomic E-state index is 10.5. The Balaban J connectivity index is 2.25. The van der Waals surface area contributed by atoms with Gasteiger partial charge in [0, 0.05) is 5.41 Å². The molecule has 0 spiro atoms. The van der Waals surface area contributed by atoms with E-state index in [2.05, 4.69) is 0 Å². The minimum absolute atomic E-state index is 0.135. The van der Waals surface area contributed by atoms with Crippen LogP contribution in [-0.4, -0.2) is 22.4 Å². The highest BCUT2D eigenvalue weighted by atomic mass is 16.3. The Morgan fingerprint density at radius 3 is 2.23 bits per heavy atom. The molecule has 13 heavy (non-hydrogen) atoms. The molecule has 0 unspecified atom stereocenters. The van der Waals surface area contributed by atoms with Crippen LogP contribution >= 0.6 is 0 Å². The summed E-state index contributed by atoms with van der Waals surface area (Å²) in [6.07, 6.45) is 8.52. The maximum Gasteiger partial charge on any atom is 0.0725 e. The molecule has 0 aromatic carbocycles. The highest BCUT2D eigenvalue weighted by Gasteiger charge is 2.53. The minimum Gasteiger partial charge on any atom is -0.396 e. The van der Waals surface area contributed by atoms with Crippen LogP contribution in [0.2, 0.25) is 0 Å². The van der Waals surface area contributed by atoms with Gasteiger partial charge in [0.1, 0.15) is 0 Å². The van der Waals surface area contributed by atoms with Crippen LogP contribution in [0, 0.1) is 5.41 Å². The van der Waals surface area contributed by atoms with Crippen molar-refractivity contribution in [2.45, 2.75) is 57.0 Å². The van der Waals surface area contributed by atoms with Gasteiger partial charge in [0.15, 0.2) is 0 Å². The molecule has 2 aliphatic rings. The van der Waals surface area contributed by atoms with Gasteiger partial charge in [0.2, 0.25) is 0 Å². The Hall–Kier alpha value is -0.0800. The molecule has 0 aliphatic heterocycles. The number of hydrogen-bond acceptors (Lipinski definition) is 2. The van der Waals surface area contributed by atoms with E-state index in [4.69, 9.17) is 0 Å². The fraction of sp³-hybridized carbons (Fsp3) is 1.00. The second-order valence-electron chi connectivity index (χ2n) is 4.88. The Morgan fingerprint density at radius 1 is 0.846 bits per heavy atom. The highest BCUT2D eigenvalue weighted by Crippen LogP contribution is 2.53. The average Bonchev–Trinajstić information content (AvgIpc) is 2.36. The number of aliphatic hydroxyl groups is 2. The molecule has 2 fully saturated rings. The zero-order valence-corrected chi connectivity index (χ0v) is 8.26. The molecule has 2 saturated carbocycles. The lowest BCUT2D eigenvalue weighted by Gasteiger charge is -2.40. The normalized spacial score (nSPS) is 45.7. The summed E-state index contributed by atoms with van der Waals surface area (Å²) in [7, 11) is 0. The third-order valence-electron chi connectivity index (χ3n) is 4.28. The van der Waals surface area contributed by atoms with Crippen molar-refractivity contribution in [1.29, 1.82) is 0 Å². The van der Waals surface area contributed by atoms with E-state index >= 15 is 0 Å². The summed E-state index contributed by atoms with van der Waals surface area (Å²) in [5, 5.41) is 20.0. The average molecular weight is 184 g/mol. The van der Waals surface area contributed by atoms with Crippen molar-refractivity contribution in [2.24, 2.45) is 5.41 Å². The van der Waals surface area contributed by atoms with Crippen molar-refractivity contribution in [3.8, 4) is 0 Å². The molecular formula is C11H20O2. The van der Waals surface area contributed by atoms with Gasteiger partial charge >= 0.3 is 0 Å². The first-order chi connectivity index (χ1) is 6.22. The summed E-state index contributed by atoms with van der Waals surface area (Å²) in [5.74, 6) is 0. The molecule has 76 valence electrons. The lowest BCUT2D eigenvalue weighted by Crippen LogP contribution is -2.45. The third-order valence-corrected chi connectivity index (χ3v) is 4.28. The van der Waals surface area contributed by atoms with E-state index in [1.54, 1.807) is 0 Å². The lowest BCUT2D eigenvalue weighted by atomic mass is 9.71. The van der Waals surface area contributed by atoms with Crippen LogP contribution in [0.15, 0.2) is 0 Å². The molecule has 0 radical (unpaired) electrons. The van der Waals surface area contributed by atoms with Crippen LogP contribution in [0.5, 0.6) is 0 Å². The maximum atomic E-state index is 10.5. The smallest absolute Gasteiger partial charge is 0.0725 e. The van der Waals surface area contributed by atoms with Crippen molar-refractivity contribution in [3.63, 3.8) is 0 Å². The third kappa shape index (κ3) is 1.31. The Kier molecular flexibility index (Phi) is 2.37. The number of aliphatic hydroxyl groups excluding tert-OH is 1. The summed E-state index contributed by atoms with van der Waals surface area (Å²) in [6, 6.07) is 0. The zero-order chi connectivity index (χ0) is 9.36. The fourth-order valence-electron chi connectivity index (χ4n) is 3.33. The van der Waals surface area contributed by atoms with Crippen LogP contribution in [0.3, 0.4) is 0 Å². The first kappa shape index (κ1) is 9.47. The van der Waals surface area contributed by atoms with Crippen LogP contribution in [0.25, 0.3) is 0 Å². The number of rotatable bonds is 1. The Labute approximate surface area is 80.0 Å². The Morgan fingerprint density at radius 2 is 1.46 bits per heavy atom. The van der Waals surface area contributed by atoms with E-state index in [0.717, 1.165) is 38.5 Å². The largest absolute Gasteiger partial charge is 0.396 e. The monoisotopic (exact) mass is 184 g/mol. The van der Waals surface area contributed by atoms with Gasteiger partial charge in [-0.3, -0.25) is 0 Å². The fourth-order valence-corrected chi connectivity index (χ4v) is 3.33. The van der Waals surface area contributed by atoms with Gasteiger partial charge in [0.25, 0.3) is 0 Å². The van der Waals surface area contributed by atoms with Crippen LogP contribution in [0.1, 0.15) is 51.4 Å². The SMILES string of the molecule is OC[C@]12CCCCC[C@@]1(O)CCC2. The molecule has 2 N–H and O–H groups in total. The predicted octanol–water partition coefficient (Wildman–Crippen LogP) is 1.84. The van der Waals surface area contributed by atoms with Gasteiger partial charge in [0.05, 0.1) is 12.2 Å². The van der Waals surface area contributed by atoms with Crippen molar-refractivity contribution >= 4 is 0 Å². The van der Waals surface area contributed by atoms with Crippen LogP contribution in [0.4, 0.5) is 0 Å². The first-order valence-electron chi connectivity index (χ1n) is 5.56. The first-order valence-corrected chi connectivity index (χ1v) is 5.56. The molecule has 2 aliphatic carbocycles. The summed E-state index contributed by atoms with van der Waals surface area (Å²) in [5.41, 5.74) is -0.665. The lowest BCUT2D eigenvalue weighted by molar-refractivity contribution is -0.0915. The number of fused-ring (bicyclic) bond motifs is 1. The molecule has 2 nitrogen and oxygen atoms in total. The zero-order valence-electron chi connectivity index (χ0n) is 8.26. The molecule has 0 amide bonds. The van der Waals surface area contributed by atoms with Gasteiger partial charge in [-0.2, -0.15) is 0 Å². The minimum atomic E-state index is -0.530. The second kappa shape index (κ2) is 3.25. The van der Waals surface area contributed by atoms with Gasteiger partial charge in [-0.25, -0.2) is 0 Å². The Bertz CT molecular complexity index is 193. The van der Waals surface area contributed by atoms with Crippen molar-refractivity contribution in [1.82, 2.24) is 0 Å². The molecule has 2 rings (SSSR count). The summed E-state index contributed by atoms with van der Waals surface area (Å²) in [6.45, 7) is 0.184. The van der Waals surface area contributed by atoms with Gasteiger partial charge < -0.3 is 10.2 Å². The molecule has 0 aromatic rings. The molecule has 0 aromatic heterocycles. The second-order valence-corrected chi connectivity index (χ2v) is 4.88. The summed E-state index contributed by atoms with van der Waals surface area (Å²) in [4.78, 5) is 0. The standard InChI is InChI=1S/C11H20O2/c12-9-10-5-2-1-3-7-11(10,13)8-4-6-10/h12-13H,1-9H2/t10-,11-/m1/s1. The van der Waals surface area contributed by atoms with Crippen molar-refractivity contribution < 1.29 is 10.2 Å². The van der Waals surface area contributed by atoms with Crippen molar-refractivity contribution in [3.05, 3.63) is 0 Å². The summed E-state index contributed by atoms with van der Waals surface area (Å²) >= 11 is 0. The van der Waals surface area contributed by atoms with E-state index in [-0.39, 0.29) is 12.0 Å². The van der Waals surface area contributed by atoms with Gasteiger partial charge in [-0.05, 0) is 32.1 Å². The van der Waals surface area contributed by atoms with Crippen LogP contribution in [-0.2, 0) is 0 Å². The molecule has 2 atom stereocenters. The van der Waals surface area contributed by atoms with Gasteiger partial charge in [-0.1, -0.05) is 19.3 Å². The molecule has 2 heteroatoms. The van der Waals surface area contributed by atoms with Crippen LogP contribution < -0.4 is 0 Å².